The topological polar surface area (TPSA) is 51.6 Å². The van der Waals surface area contributed by atoms with Crippen molar-refractivity contribution in [2.45, 2.75) is 18.9 Å². The van der Waals surface area contributed by atoms with Crippen molar-refractivity contribution in [1.29, 1.82) is 0 Å². The standard InChI is InChI=1S/C12H17NO3/c1-15-11-3-2-10(8-13-11)12(14)9-4-6-16-7-5-9/h2-3,8-9,12,14H,4-7H2,1H3. The first kappa shape index (κ1) is 11.4. The summed E-state index contributed by atoms with van der Waals surface area (Å²) in [6.07, 6.45) is 3.06. The number of hydrogen-bond donors (Lipinski definition) is 1. The summed E-state index contributed by atoms with van der Waals surface area (Å²) in [5.74, 6) is 0.854. The molecule has 1 fully saturated rings. The van der Waals surface area contributed by atoms with Crippen LogP contribution in [0.1, 0.15) is 24.5 Å². The van der Waals surface area contributed by atoms with Crippen molar-refractivity contribution >= 4 is 0 Å². The van der Waals surface area contributed by atoms with Gasteiger partial charge in [-0.1, -0.05) is 0 Å². The normalized spacial score (nSPS) is 19.4. The third-order valence-corrected chi connectivity index (χ3v) is 3.02. The zero-order valence-electron chi connectivity index (χ0n) is 9.43. The Labute approximate surface area is 95.2 Å². The second-order valence-electron chi connectivity index (χ2n) is 4.03. The fraction of sp³-hybridized carbons (Fsp3) is 0.583. The van der Waals surface area contributed by atoms with E-state index in [0.29, 0.717) is 5.88 Å². The average Bonchev–Trinajstić information content (AvgIpc) is 2.39. The summed E-state index contributed by atoms with van der Waals surface area (Å²) in [6, 6.07) is 3.64. The number of ether oxygens (including phenoxy) is 2. The van der Waals surface area contributed by atoms with Crippen molar-refractivity contribution < 1.29 is 14.6 Å². The maximum Gasteiger partial charge on any atom is 0.212 e. The summed E-state index contributed by atoms with van der Waals surface area (Å²) in [5.41, 5.74) is 0.854. The average molecular weight is 223 g/mol. The molecule has 4 heteroatoms. The zero-order chi connectivity index (χ0) is 11.4. The number of aliphatic hydroxyl groups is 1. The maximum atomic E-state index is 10.2. The molecule has 0 radical (unpaired) electrons. The Bertz CT molecular complexity index is 320. The van der Waals surface area contributed by atoms with Crippen molar-refractivity contribution in [2.24, 2.45) is 5.92 Å². The molecule has 1 unspecified atom stereocenters. The predicted octanol–water partition coefficient (Wildman–Crippen LogP) is 1.55. The minimum absolute atomic E-state index is 0.281. The van der Waals surface area contributed by atoms with Gasteiger partial charge in [-0.15, -0.1) is 0 Å². The molecule has 1 aromatic rings. The maximum absolute atomic E-state index is 10.2. The summed E-state index contributed by atoms with van der Waals surface area (Å²) in [7, 11) is 1.58. The lowest BCUT2D eigenvalue weighted by Crippen LogP contribution is -2.22. The molecule has 0 bridgehead atoms. The predicted molar refractivity (Wildman–Crippen MR) is 59.3 cm³/mol. The quantitative estimate of drug-likeness (QED) is 0.844. The molecule has 1 aromatic heterocycles. The minimum atomic E-state index is -0.442. The second-order valence-corrected chi connectivity index (χ2v) is 4.03. The molecule has 88 valence electrons. The van der Waals surface area contributed by atoms with Crippen molar-refractivity contribution in [1.82, 2.24) is 4.98 Å². The summed E-state index contributed by atoms with van der Waals surface area (Å²) in [4.78, 5) is 4.10. The lowest BCUT2D eigenvalue weighted by atomic mass is 9.90. The number of pyridine rings is 1. The molecule has 0 spiro atoms. The SMILES string of the molecule is COc1ccc(C(O)C2CCOCC2)cn1. The molecular formula is C12H17NO3. The summed E-state index contributed by atoms with van der Waals surface area (Å²) in [6.45, 7) is 1.48. The van der Waals surface area contributed by atoms with Gasteiger partial charge in [-0.25, -0.2) is 4.98 Å². The van der Waals surface area contributed by atoms with Crippen LogP contribution >= 0.6 is 0 Å². The molecule has 0 aromatic carbocycles. The van der Waals surface area contributed by atoms with Crippen LogP contribution in [0.5, 0.6) is 5.88 Å². The van der Waals surface area contributed by atoms with Crippen LogP contribution in [-0.2, 0) is 4.74 Å². The van der Waals surface area contributed by atoms with E-state index in [4.69, 9.17) is 9.47 Å². The highest BCUT2D eigenvalue weighted by Gasteiger charge is 2.23. The van der Waals surface area contributed by atoms with Gasteiger partial charge < -0.3 is 14.6 Å². The van der Waals surface area contributed by atoms with E-state index in [-0.39, 0.29) is 5.92 Å². The number of methoxy groups -OCH3 is 1. The van der Waals surface area contributed by atoms with E-state index in [2.05, 4.69) is 4.98 Å². The summed E-state index contributed by atoms with van der Waals surface area (Å²) in [5, 5.41) is 10.2. The van der Waals surface area contributed by atoms with Gasteiger partial charge in [0, 0.05) is 25.5 Å². The molecule has 4 nitrogen and oxygen atoms in total. The molecule has 2 rings (SSSR count). The highest BCUT2D eigenvalue weighted by atomic mass is 16.5. The largest absolute Gasteiger partial charge is 0.481 e. The Morgan fingerprint density at radius 1 is 1.44 bits per heavy atom. The number of nitrogens with zero attached hydrogens (tertiary/aromatic N) is 1. The molecular weight excluding hydrogens is 206 g/mol. The third-order valence-electron chi connectivity index (χ3n) is 3.02. The van der Waals surface area contributed by atoms with Gasteiger partial charge in [-0.05, 0) is 30.4 Å². The smallest absolute Gasteiger partial charge is 0.212 e. The van der Waals surface area contributed by atoms with Crippen LogP contribution in [0.3, 0.4) is 0 Å². The van der Waals surface area contributed by atoms with Crippen molar-refractivity contribution in [3.8, 4) is 5.88 Å². The zero-order valence-corrected chi connectivity index (χ0v) is 9.43. The van der Waals surface area contributed by atoms with Gasteiger partial charge in [-0.3, -0.25) is 0 Å². The second kappa shape index (κ2) is 5.27. The van der Waals surface area contributed by atoms with E-state index >= 15 is 0 Å². The monoisotopic (exact) mass is 223 g/mol. The van der Waals surface area contributed by atoms with Gasteiger partial charge in [0.1, 0.15) is 0 Å². The Morgan fingerprint density at radius 2 is 2.19 bits per heavy atom. The highest BCUT2D eigenvalue weighted by molar-refractivity contribution is 5.20. The molecule has 1 atom stereocenters. The first-order valence-corrected chi connectivity index (χ1v) is 5.57. The van der Waals surface area contributed by atoms with Crippen molar-refractivity contribution in [3.63, 3.8) is 0 Å². The van der Waals surface area contributed by atoms with Crippen molar-refractivity contribution in [2.75, 3.05) is 20.3 Å². The van der Waals surface area contributed by atoms with Crippen LogP contribution in [0.4, 0.5) is 0 Å². The Hall–Kier alpha value is -1.13. The summed E-state index contributed by atoms with van der Waals surface area (Å²) >= 11 is 0. The van der Waals surface area contributed by atoms with Gasteiger partial charge in [0.2, 0.25) is 5.88 Å². The molecule has 16 heavy (non-hydrogen) atoms. The fourth-order valence-corrected chi connectivity index (χ4v) is 1.99. The van der Waals surface area contributed by atoms with E-state index in [9.17, 15) is 5.11 Å². The fourth-order valence-electron chi connectivity index (χ4n) is 1.99. The van der Waals surface area contributed by atoms with E-state index < -0.39 is 6.10 Å². The first-order chi connectivity index (χ1) is 7.81. The van der Waals surface area contributed by atoms with Gasteiger partial charge in [0.15, 0.2) is 0 Å². The molecule has 0 amide bonds. The molecule has 1 aliphatic heterocycles. The van der Waals surface area contributed by atoms with Gasteiger partial charge in [0.05, 0.1) is 13.2 Å². The summed E-state index contributed by atoms with van der Waals surface area (Å²) < 4.78 is 10.3. The minimum Gasteiger partial charge on any atom is -0.481 e. The van der Waals surface area contributed by atoms with Gasteiger partial charge in [0.25, 0.3) is 0 Å². The van der Waals surface area contributed by atoms with E-state index in [0.717, 1.165) is 31.6 Å². The number of rotatable bonds is 3. The molecule has 0 saturated carbocycles. The van der Waals surface area contributed by atoms with Gasteiger partial charge in [-0.2, -0.15) is 0 Å². The van der Waals surface area contributed by atoms with Crippen LogP contribution in [0.25, 0.3) is 0 Å². The van der Waals surface area contributed by atoms with E-state index in [1.54, 1.807) is 19.4 Å². The Kier molecular flexibility index (Phi) is 3.74. The van der Waals surface area contributed by atoms with Crippen LogP contribution < -0.4 is 4.74 Å². The Balaban J connectivity index is 2.04. The van der Waals surface area contributed by atoms with Crippen LogP contribution in [0.2, 0.25) is 0 Å². The van der Waals surface area contributed by atoms with E-state index in [1.807, 2.05) is 6.07 Å². The molecule has 2 heterocycles. The number of aromatic nitrogens is 1. The first-order valence-electron chi connectivity index (χ1n) is 5.57. The van der Waals surface area contributed by atoms with Gasteiger partial charge >= 0.3 is 0 Å². The Morgan fingerprint density at radius 3 is 2.75 bits per heavy atom. The molecule has 1 saturated heterocycles. The van der Waals surface area contributed by atoms with E-state index in [1.165, 1.54) is 0 Å². The number of aliphatic hydroxyl groups excluding tert-OH is 1. The molecule has 1 aliphatic rings. The highest BCUT2D eigenvalue weighted by Crippen LogP contribution is 2.29. The molecule has 0 aliphatic carbocycles. The van der Waals surface area contributed by atoms with Crippen LogP contribution in [-0.4, -0.2) is 30.4 Å². The van der Waals surface area contributed by atoms with Crippen LogP contribution in [0, 0.1) is 5.92 Å². The third kappa shape index (κ3) is 2.51. The lowest BCUT2D eigenvalue weighted by molar-refractivity contribution is 0.00704. The molecule has 1 N–H and O–H groups in total. The van der Waals surface area contributed by atoms with Crippen molar-refractivity contribution in [3.05, 3.63) is 23.9 Å². The number of hydrogen-bond acceptors (Lipinski definition) is 4. The van der Waals surface area contributed by atoms with Crippen LogP contribution in [0.15, 0.2) is 18.3 Å². The lowest BCUT2D eigenvalue weighted by Gasteiger charge is -2.26.